The minimum Gasteiger partial charge on any atom is -0.508 e. The lowest BCUT2D eigenvalue weighted by Crippen LogP contribution is -2.36. The molecule has 0 aliphatic rings. The maximum absolute atomic E-state index is 13.3. The average molecular weight is 604 g/mol. The van der Waals surface area contributed by atoms with Gasteiger partial charge in [0.2, 0.25) is 0 Å². The number of nitrogens with one attached hydrogen (secondary N) is 3. The number of rotatable bonds is 8. The third-order valence-electron chi connectivity index (χ3n) is 6.30. The largest absolute Gasteiger partial charge is 0.508 e. The molecule has 0 saturated heterocycles. The van der Waals surface area contributed by atoms with Crippen LogP contribution in [0.2, 0.25) is 0 Å². The summed E-state index contributed by atoms with van der Waals surface area (Å²) in [6.45, 7) is -0.647. The lowest BCUT2D eigenvalue weighted by Gasteiger charge is -2.21. The van der Waals surface area contributed by atoms with Gasteiger partial charge in [-0.15, -0.1) is 0 Å². The van der Waals surface area contributed by atoms with Gasteiger partial charge in [-0.1, -0.05) is 24.3 Å². The number of nitrogens with zero attached hydrogens (tertiary/aromatic N) is 2. The fourth-order valence-electron chi connectivity index (χ4n) is 4.26. The minimum atomic E-state index is -5.06. The van der Waals surface area contributed by atoms with Crippen LogP contribution in [0.5, 0.6) is 5.75 Å². The summed E-state index contributed by atoms with van der Waals surface area (Å²) in [5, 5.41) is 23.7. The van der Waals surface area contributed by atoms with Crippen LogP contribution >= 0.6 is 0 Å². The first-order valence-corrected chi connectivity index (χ1v) is 12.5. The first kappa shape index (κ1) is 30.8. The quantitative estimate of drug-likeness (QED) is 0.139. The standard InChI is InChI=1S/C29H23F6N5O3/c30-28(31,32)19-11-17(12-20(13-19)29(33,34)35)16-40-10-4-7-23(26(40)42)38-27(43)39-24(21-6-1-2-8-25(21)41)14-22(36)18-5-3-9-37-15-18/h1-13,15,24,36,41H,14,16H2,(H2,38,39,43). The molecule has 0 bridgehead atoms. The smallest absolute Gasteiger partial charge is 0.416 e. The number of aromatic nitrogens is 2. The number of phenolic OH excluding ortho intramolecular Hbond substituents is 1. The Morgan fingerprint density at radius 3 is 2.23 bits per heavy atom. The SMILES string of the molecule is N=C(CC(NC(=O)Nc1cccn(Cc2cc(C(F)(F)F)cc(C(F)(F)F)c2)c1=O)c1ccccc1O)c1cccnc1. The Labute approximate surface area is 240 Å². The highest BCUT2D eigenvalue weighted by Gasteiger charge is 2.37. The Morgan fingerprint density at radius 1 is 0.953 bits per heavy atom. The number of hydrogen-bond donors (Lipinski definition) is 4. The molecule has 2 amide bonds. The maximum atomic E-state index is 13.3. The molecule has 0 radical (unpaired) electrons. The van der Waals surface area contributed by atoms with E-state index in [1.54, 1.807) is 24.3 Å². The van der Waals surface area contributed by atoms with E-state index in [0.717, 1.165) is 10.8 Å². The number of halogens is 6. The third kappa shape index (κ3) is 7.78. The number of alkyl halides is 6. The summed E-state index contributed by atoms with van der Waals surface area (Å²) in [6.07, 6.45) is -6.05. The highest BCUT2D eigenvalue weighted by molar-refractivity contribution is 5.99. The van der Waals surface area contributed by atoms with Crippen molar-refractivity contribution >= 4 is 17.4 Å². The van der Waals surface area contributed by atoms with Crippen LogP contribution in [0.25, 0.3) is 0 Å². The summed E-state index contributed by atoms with van der Waals surface area (Å²) in [5.41, 5.74) is -3.85. The second-order valence-electron chi connectivity index (χ2n) is 9.40. The van der Waals surface area contributed by atoms with Gasteiger partial charge < -0.3 is 25.7 Å². The number of benzene rings is 2. The van der Waals surface area contributed by atoms with Gasteiger partial charge in [0, 0.05) is 41.8 Å². The van der Waals surface area contributed by atoms with Crippen LogP contribution < -0.4 is 16.2 Å². The third-order valence-corrected chi connectivity index (χ3v) is 6.30. The van der Waals surface area contributed by atoms with Crippen molar-refractivity contribution in [1.82, 2.24) is 14.9 Å². The number of para-hydroxylation sites is 1. The van der Waals surface area contributed by atoms with E-state index in [-0.39, 0.29) is 35.2 Å². The van der Waals surface area contributed by atoms with Crippen molar-refractivity contribution in [2.45, 2.75) is 31.4 Å². The molecule has 43 heavy (non-hydrogen) atoms. The number of phenols is 1. The lowest BCUT2D eigenvalue weighted by atomic mass is 9.97. The lowest BCUT2D eigenvalue weighted by molar-refractivity contribution is -0.143. The number of aromatic hydroxyl groups is 1. The van der Waals surface area contributed by atoms with E-state index in [4.69, 9.17) is 5.41 Å². The zero-order valence-electron chi connectivity index (χ0n) is 22.0. The number of hydrogen-bond acceptors (Lipinski definition) is 5. The van der Waals surface area contributed by atoms with Crippen molar-refractivity contribution < 1.29 is 36.2 Å². The van der Waals surface area contributed by atoms with E-state index in [9.17, 15) is 41.0 Å². The number of pyridine rings is 2. The molecule has 1 unspecified atom stereocenters. The maximum Gasteiger partial charge on any atom is 0.416 e. The minimum absolute atomic E-state index is 0.0104. The van der Waals surface area contributed by atoms with Crippen molar-refractivity contribution in [2.24, 2.45) is 0 Å². The van der Waals surface area contributed by atoms with Gasteiger partial charge in [0.15, 0.2) is 0 Å². The van der Waals surface area contributed by atoms with Crippen molar-refractivity contribution in [3.63, 3.8) is 0 Å². The fourth-order valence-corrected chi connectivity index (χ4v) is 4.26. The first-order chi connectivity index (χ1) is 20.2. The average Bonchev–Trinajstić information content (AvgIpc) is 2.94. The van der Waals surface area contributed by atoms with Gasteiger partial charge in [0.25, 0.3) is 5.56 Å². The molecule has 4 rings (SSSR count). The molecule has 0 aliphatic carbocycles. The summed E-state index contributed by atoms with van der Waals surface area (Å²) in [4.78, 5) is 30.0. The molecule has 2 aromatic carbocycles. The zero-order valence-corrected chi connectivity index (χ0v) is 22.0. The molecular formula is C29H23F6N5O3. The van der Waals surface area contributed by atoms with Crippen LogP contribution in [-0.2, 0) is 18.9 Å². The summed E-state index contributed by atoms with van der Waals surface area (Å²) in [5.74, 6) is -0.159. The van der Waals surface area contributed by atoms with Gasteiger partial charge in [-0.3, -0.25) is 9.78 Å². The van der Waals surface area contributed by atoms with Gasteiger partial charge in [0.05, 0.1) is 23.7 Å². The number of amides is 2. The van der Waals surface area contributed by atoms with Crippen LogP contribution in [0.3, 0.4) is 0 Å². The highest BCUT2D eigenvalue weighted by atomic mass is 19.4. The van der Waals surface area contributed by atoms with E-state index < -0.39 is 53.2 Å². The van der Waals surface area contributed by atoms with Crippen molar-refractivity contribution in [3.05, 3.63) is 123 Å². The molecule has 0 fully saturated rings. The summed E-state index contributed by atoms with van der Waals surface area (Å²) in [7, 11) is 0. The van der Waals surface area contributed by atoms with Crippen LogP contribution in [-0.4, -0.2) is 26.4 Å². The van der Waals surface area contributed by atoms with Crippen molar-refractivity contribution in [1.29, 1.82) is 5.41 Å². The molecule has 4 aromatic rings. The second kappa shape index (κ2) is 12.4. The van der Waals surface area contributed by atoms with Crippen LogP contribution in [0.1, 0.15) is 40.3 Å². The van der Waals surface area contributed by atoms with E-state index in [1.165, 1.54) is 36.7 Å². The normalized spacial score (nSPS) is 12.4. The molecule has 2 aromatic heterocycles. The number of carbonyl (C=O) groups excluding carboxylic acids is 1. The van der Waals surface area contributed by atoms with E-state index >= 15 is 0 Å². The molecule has 2 heterocycles. The van der Waals surface area contributed by atoms with Crippen LogP contribution in [0.15, 0.2) is 90.1 Å². The molecule has 0 spiro atoms. The molecule has 4 N–H and O–H groups in total. The number of urea groups is 1. The summed E-state index contributed by atoms with van der Waals surface area (Å²) < 4.78 is 80.5. The zero-order chi connectivity index (χ0) is 31.4. The molecule has 8 nitrogen and oxygen atoms in total. The van der Waals surface area contributed by atoms with Gasteiger partial charge >= 0.3 is 18.4 Å². The van der Waals surface area contributed by atoms with Crippen LogP contribution in [0, 0.1) is 5.41 Å². The molecule has 224 valence electrons. The molecule has 0 aliphatic heterocycles. The topological polar surface area (TPSA) is 120 Å². The summed E-state index contributed by atoms with van der Waals surface area (Å²) >= 11 is 0. The van der Waals surface area contributed by atoms with Crippen molar-refractivity contribution in [2.75, 3.05) is 5.32 Å². The second-order valence-corrected chi connectivity index (χ2v) is 9.40. The Morgan fingerprint density at radius 2 is 1.63 bits per heavy atom. The Bertz CT molecular complexity index is 1650. The molecular weight excluding hydrogens is 580 g/mol. The van der Waals surface area contributed by atoms with E-state index in [1.807, 2.05) is 0 Å². The van der Waals surface area contributed by atoms with Gasteiger partial charge in [-0.2, -0.15) is 26.3 Å². The predicted octanol–water partition coefficient (Wildman–Crippen LogP) is 6.36. The fraction of sp³-hybridized carbons (Fsp3) is 0.172. The van der Waals surface area contributed by atoms with E-state index in [0.29, 0.717) is 17.7 Å². The molecule has 0 saturated carbocycles. The van der Waals surface area contributed by atoms with Crippen molar-refractivity contribution in [3.8, 4) is 5.75 Å². The Kier molecular flexibility index (Phi) is 8.88. The van der Waals surface area contributed by atoms with Gasteiger partial charge in [-0.25, -0.2) is 4.79 Å². The van der Waals surface area contributed by atoms with Crippen LogP contribution in [0.4, 0.5) is 36.8 Å². The molecule has 1 atom stereocenters. The Balaban J connectivity index is 1.57. The first-order valence-electron chi connectivity index (χ1n) is 12.5. The Hall–Kier alpha value is -5.14. The van der Waals surface area contributed by atoms with Gasteiger partial charge in [-0.05, 0) is 48.0 Å². The monoisotopic (exact) mass is 603 g/mol. The molecule has 14 heteroatoms. The van der Waals surface area contributed by atoms with E-state index in [2.05, 4.69) is 15.6 Å². The summed E-state index contributed by atoms with van der Waals surface area (Å²) in [6, 6.07) is 11.0. The van der Waals surface area contributed by atoms with Gasteiger partial charge in [0.1, 0.15) is 11.4 Å². The highest BCUT2D eigenvalue weighted by Crippen LogP contribution is 2.36. The number of anilines is 1. The predicted molar refractivity (Wildman–Crippen MR) is 145 cm³/mol. The number of carbonyl (C=O) groups is 1.